The van der Waals surface area contributed by atoms with Gasteiger partial charge in [0.05, 0.1) is 0 Å². The fourth-order valence-corrected chi connectivity index (χ4v) is 3.87. The standard InChI is InChI=1S/C22H29N3O/c1-3-5-7-11-17-15-18(12-8-6-4-2)22(26)21(16-17)25-23-19-13-9-10-14-20(19)24(23)25/h9-10,13-16,26H,3-8,11-12H2,1-2H3. The average molecular weight is 351 g/mol. The van der Waals surface area contributed by atoms with Crippen molar-refractivity contribution in [3.8, 4) is 11.4 Å². The van der Waals surface area contributed by atoms with E-state index in [0.29, 0.717) is 5.75 Å². The zero-order chi connectivity index (χ0) is 18.1. The van der Waals surface area contributed by atoms with Crippen molar-refractivity contribution in [3.05, 3.63) is 47.5 Å². The fraction of sp³-hybridized carbons (Fsp3) is 0.455. The SMILES string of the molecule is CCCCCc1cc(CCCCC)c(O)c(-n2n3c4ccccc4n23)c1. The molecule has 0 unspecified atom stereocenters. The molecule has 1 N–H and O–H groups in total. The molecule has 0 radical (unpaired) electrons. The van der Waals surface area contributed by atoms with Crippen molar-refractivity contribution in [1.29, 1.82) is 0 Å². The quantitative estimate of drug-likeness (QED) is 0.392. The van der Waals surface area contributed by atoms with Gasteiger partial charge >= 0.3 is 0 Å². The molecule has 0 aliphatic heterocycles. The maximum atomic E-state index is 10.9. The number of hydrogen-bond donors (Lipinski definition) is 1. The minimum atomic E-state index is 0.445. The van der Waals surface area contributed by atoms with Crippen LogP contribution < -0.4 is 0 Å². The van der Waals surface area contributed by atoms with Crippen molar-refractivity contribution in [2.75, 3.05) is 0 Å². The Hall–Kier alpha value is -2.36. The lowest BCUT2D eigenvalue weighted by molar-refractivity contribution is 0.462. The first-order chi connectivity index (χ1) is 12.8. The van der Waals surface area contributed by atoms with Gasteiger partial charge in [-0.25, -0.2) is 0 Å². The van der Waals surface area contributed by atoms with Crippen LogP contribution >= 0.6 is 0 Å². The molecule has 2 heterocycles. The molecule has 0 saturated heterocycles. The smallest absolute Gasteiger partial charge is 0.146 e. The third-order valence-electron chi connectivity index (χ3n) is 5.38. The summed E-state index contributed by atoms with van der Waals surface area (Å²) >= 11 is 0. The molecule has 26 heavy (non-hydrogen) atoms. The first kappa shape index (κ1) is 17.1. The van der Waals surface area contributed by atoms with Gasteiger partial charge < -0.3 is 5.11 Å². The topological polar surface area (TPSA) is 34.0 Å². The second-order valence-electron chi connectivity index (χ2n) is 7.39. The minimum absolute atomic E-state index is 0.445. The summed E-state index contributed by atoms with van der Waals surface area (Å²) < 4.78 is 4.24. The Morgan fingerprint density at radius 1 is 0.808 bits per heavy atom. The molecular formula is C22H29N3O. The third kappa shape index (κ3) is 2.87. The van der Waals surface area contributed by atoms with E-state index in [1.54, 1.807) is 0 Å². The molecule has 138 valence electrons. The lowest BCUT2D eigenvalue weighted by Crippen LogP contribution is -1.97. The Morgan fingerprint density at radius 3 is 2.04 bits per heavy atom. The highest BCUT2D eigenvalue weighted by Gasteiger charge is 2.26. The second-order valence-corrected chi connectivity index (χ2v) is 7.39. The van der Waals surface area contributed by atoms with E-state index in [9.17, 15) is 5.11 Å². The number of phenols is 1. The molecule has 0 fully saturated rings. The van der Waals surface area contributed by atoms with Crippen LogP contribution in [0.4, 0.5) is 0 Å². The molecular weight excluding hydrogens is 322 g/mol. The lowest BCUT2D eigenvalue weighted by Gasteiger charge is -2.11. The summed E-state index contributed by atoms with van der Waals surface area (Å²) in [5.74, 6) is 0.445. The van der Waals surface area contributed by atoms with Gasteiger partial charge in [-0.3, -0.25) is 0 Å². The molecule has 4 rings (SSSR count). The molecule has 0 aliphatic rings. The highest BCUT2D eigenvalue weighted by Crippen LogP contribution is 2.34. The molecule has 0 spiro atoms. The number of aryl methyl sites for hydroxylation is 2. The zero-order valence-corrected chi connectivity index (χ0v) is 15.9. The highest BCUT2D eigenvalue weighted by molar-refractivity contribution is 5.79. The summed E-state index contributed by atoms with van der Waals surface area (Å²) in [6, 6.07) is 12.8. The molecule has 0 atom stereocenters. The van der Waals surface area contributed by atoms with E-state index in [0.717, 1.165) is 30.5 Å². The minimum Gasteiger partial charge on any atom is -0.505 e. The summed E-state index contributed by atoms with van der Waals surface area (Å²) in [4.78, 5) is 2.09. The Kier molecular flexibility index (Phi) is 4.66. The van der Waals surface area contributed by atoms with Crippen molar-refractivity contribution in [1.82, 2.24) is 14.1 Å². The van der Waals surface area contributed by atoms with Gasteiger partial charge in [-0.1, -0.05) is 57.7 Å². The maximum Gasteiger partial charge on any atom is 0.146 e. The van der Waals surface area contributed by atoms with Crippen LogP contribution in [0.1, 0.15) is 63.5 Å². The predicted molar refractivity (Wildman–Crippen MR) is 107 cm³/mol. The maximum absolute atomic E-state index is 10.9. The van der Waals surface area contributed by atoms with Gasteiger partial charge in [0, 0.05) is 0 Å². The van der Waals surface area contributed by atoms with Crippen LogP contribution in [-0.2, 0) is 12.8 Å². The zero-order valence-electron chi connectivity index (χ0n) is 15.9. The van der Waals surface area contributed by atoms with Crippen molar-refractivity contribution in [2.45, 2.75) is 65.2 Å². The molecule has 2 aromatic heterocycles. The first-order valence-electron chi connectivity index (χ1n) is 10.1. The first-order valence-corrected chi connectivity index (χ1v) is 10.1. The Bertz CT molecular complexity index is 946. The van der Waals surface area contributed by atoms with E-state index in [1.807, 2.05) is 0 Å². The third-order valence-corrected chi connectivity index (χ3v) is 5.38. The monoisotopic (exact) mass is 351 g/mol. The van der Waals surface area contributed by atoms with Gasteiger partial charge in [-0.15, -0.1) is 14.1 Å². The average Bonchev–Trinajstić information content (AvgIpc) is 3.31. The largest absolute Gasteiger partial charge is 0.505 e. The number of nitrogens with zero attached hydrogens (tertiary/aromatic N) is 3. The number of fused-ring (bicyclic) bond motifs is 4. The number of aromatic hydroxyl groups is 1. The lowest BCUT2D eigenvalue weighted by atomic mass is 9.99. The number of hydrogen-bond acceptors (Lipinski definition) is 1. The van der Waals surface area contributed by atoms with E-state index in [4.69, 9.17) is 0 Å². The van der Waals surface area contributed by atoms with E-state index < -0.39 is 0 Å². The second kappa shape index (κ2) is 7.10. The van der Waals surface area contributed by atoms with E-state index in [1.165, 1.54) is 48.7 Å². The van der Waals surface area contributed by atoms with Crippen LogP contribution in [0.25, 0.3) is 16.7 Å². The Morgan fingerprint density at radius 2 is 1.42 bits per heavy atom. The molecule has 0 aliphatic carbocycles. The van der Waals surface area contributed by atoms with Crippen LogP contribution in [-0.4, -0.2) is 19.2 Å². The van der Waals surface area contributed by atoms with Gasteiger partial charge in [0.15, 0.2) is 0 Å². The van der Waals surface area contributed by atoms with Crippen LogP contribution in [0.15, 0.2) is 36.4 Å². The van der Waals surface area contributed by atoms with Crippen molar-refractivity contribution < 1.29 is 5.11 Å². The number of aromatic nitrogens is 3. The van der Waals surface area contributed by atoms with E-state index >= 15 is 0 Å². The molecule has 0 bridgehead atoms. The highest BCUT2D eigenvalue weighted by atomic mass is 16.3. The van der Waals surface area contributed by atoms with Crippen LogP contribution in [0.5, 0.6) is 5.75 Å². The number of phenolic OH excluding ortho intramolecular Hbond substituents is 1. The fourth-order valence-electron chi connectivity index (χ4n) is 3.87. The number of unbranched alkanes of at least 4 members (excludes halogenated alkanes) is 4. The van der Waals surface area contributed by atoms with Crippen molar-refractivity contribution in [2.24, 2.45) is 0 Å². The molecule has 4 nitrogen and oxygen atoms in total. The summed E-state index contributed by atoms with van der Waals surface area (Å²) in [6.07, 6.45) is 9.29. The Balaban J connectivity index is 1.70. The Labute approximate surface area is 154 Å². The summed E-state index contributed by atoms with van der Waals surface area (Å²) in [6.45, 7) is 4.46. The molecule has 2 aromatic carbocycles. The summed E-state index contributed by atoms with van der Waals surface area (Å²) in [5.41, 5.74) is 5.77. The summed E-state index contributed by atoms with van der Waals surface area (Å²) in [5, 5.41) is 10.9. The number of benzene rings is 2. The van der Waals surface area contributed by atoms with Gasteiger partial charge in [0.25, 0.3) is 0 Å². The van der Waals surface area contributed by atoms with Crippen LogP contribution in [0.2, 0.25) is 0 Å². The van der Waals surface area contributed by atoms with E-state index in [-0.39, 0.29) is 0 Å². The summed E-state index contributed by atoms with van der Waals surface area (Å²) in [7, 11) is 0. The van der Waals surface area contributed by atoms with Crippen molar-refractivity contribution >= 4 is 11.0 Å². The molecule has 4 aromatic rings. The van der Waals surface area contributed by atoms with Gasteiger partial charge in [0.1, 0.15) is 22.5 Å². The van der Waals surface area contributed by atoms with Gasteiger partial charge in [-0.2, -0.15) is 0 Å². The van der Waals surface area contributed by atoms with Crippen molar-refractivity contribution in [3.63, 3.8) is 0 Å². The predicted octanol–water partition coefficient (Wildman–Crippen LogP) is 5.59. The molecule has 0 saturated carbocycles. The van der Waals surface area contributed by atoms with Crippen LogP contribution in [0.3, 0.4) is 0 Å². The van der Waals surface area contributed by atoms with E-state index in [2.05, 4.69) is 64.3 Å². The molecule has 0 amide bonds. The molecule has 4 heteroatoms. The normalized spacial score (nSPS) is 12.1. The van der Waals surface area contributed by atoms with Gasteiger partial charge in [0.2, 0.25) is 0 Å². The number of para-hydroxylation sites is 2. The van der Waals surface area contributed by atoms with Gasteiger partial charge in [-0.05, 0) is 55.0 Å². The van der Waals surface area contributed by atoms with Crippen LogP contribution in [0, 0.1) is 0 Å². The number of rotatable bonds is 9.